The van der Waals surface area contributed by atoms with Gasteiger partial charge < -0.3 is 10.4 Å². The first-order valence-electron chi connectivity index (χ1n) is 5.61. The maximum absolute atomic E-state index is 13.7. The van der Waals surface area contributed by atoms with Crippen LogP contribution in [0, 0.1) is 23.0 Å². The average molecular weight is 309 g/mol. The molecule has 0 saturated carbocycles. The Morgan fingerprint density at radius 3 is 2.38 bits per heavy atom. The number of nitrogens with zero attached hydrogens (tertiary/aromatic N) is 1. The van der Waals surface area contributed by atoms with Crippen LogP contribution in [0.25, 0.3) is 0 Å². The summed E-state index contributed by atoms with van der Waals surface area (Å²) in [5.41, 5.74) is -0.680. The summed E-state index contributed by atoms with van der Waals surface area (Å²) in [6.07, 6.45) is 0. The van der Waals surface area contributed by atoms with Crippen LogP contribution in [0.15, 0.2) is 30.3 Å². The first-order chi connectivity index (χ1) is 9.92. The lowest BCUT2D eigenvalue weighted by Crippen LogP contribution is -2.02. The van der Waals surface area contributed by atoms with Gasteiger partial charge in [0.15, 0.2) is 11.6 Å². The highest BCUT2D eigenvalue weighted by Crippen LogP contribution is 2.27. The predicted molar refractivity (Wildman–Crippen MR) is 72.8 cm³/mol. The molecule has 2 N–H and O–H groups in total. The minimum Gasteiger partial charge on any atom is -0.478 e. The Balaban J connectivity index is 2.42. The fourth-order valence-corrected chi connectivity index (χ4v) is 1.87. The van der Waals surface area contributed by atoms with Crippen molar-refractivity contribution in [2.24, 2.45) is 0 Å². The number of halogens is 3. The van der Waals surface area contributed by atoms with E-state index in [9.17, 15) is 13.6 Å². The number of aromatic carboxylic acids is 1. The van der Waals surface area contributed by atoms with Gasteiger partial charge in [-0.1, -0.05) is 11.6 Å². The highest BCUT2D eigenvalue weighted by atomic mass is 35.5. The van der Waals surface area contributed by atoms with Crippen LogP contribution < -0.4 is 5.32 Å². The number of benzene rings is 2. The van der Waals surface area contributed by atoms with E-state index < -0.39 is 23.3 Å². The molecule has 21 heavy (non-hydrogen) atoms. The maximum Gasteiger partial charge on any atom is 0.337 e. The van der Waals surface area contributed by atoms with Crippen LogP contribution in [0.3, 0.4) is 0 Å². The lowest BCUT2D eigenvalue weighted by atomic mass is 10.1. The Labute approximate surface area is 123 Å². The Morgan fingerprint density at radius 1 is 1.24 bits per heavy atom. The SMILES string of the molecule is N#Cc1cc(F)c(Nc2ccc(Cl)c(C(=O)O)c2)c(F)c1. The van der Waals surface area contributed by atoms with E-state index in [4.69, 9.17) is 22.0 Å². The minimum absolute atomic E-state index is 0.00817. The van der Waals surface area contributed by atoms with Gasteiger partial charge in [0.05, 0.1) is 22.2 Å². The van der Waals surface area contributed by atoms with Crippen LogP contribution in [0.2, 0.25) is 5.02 Å². The van der Waals surface area contributed by atoms with Crippen molar-refractivity contribution in [3.8, 4) is 6.07 Å². The summed E-state index contributed by atoms with van der Waals surface area (Å²) in [4.78, 5) is 10.9. The van der Waals surface area contributed by atoms with Gasteiger partial charge in [0.25, 0.3) is 0 Å². The van der Waals surface area contributed by atoms with Crippen LogP contribution in [-0.2, 0) is 0 Å². The van der Waals surface area contributed by atoms with Gasteiger partial charge in [-0.05, 0) is 30.3 Å². The number of nitriles is 1. The molecule has 0 aliphatic heterocycles. The highest BCUT2D eigenvalue weighted by Gasteiger charge is 2.14. The number of rotatable bonds is 3. The number of carboxylic acid groups (broad SMARTS) is 1. The number of hydrogen-bond acceptors (Lipinski definition) is 3. The normalized spacial score (nSPS) is 10.0. The molecule has 0 saturated heterocycles. The third-order valence-corrected chi connectivity index (χ3v) is 2.97. The smallest absolute Gasteiger partial charge is 0.337 e. The predicted octanol–water partition coefficient (Wildman–Crippen LogP) is 3.93. The lowest BCUT2D eigenvalue weighted by Gasteiger charge is -2.10. The zero-order chi connectivity index (χ0) is 15.6. The molecule has 0 amide bonds. The maximum atomic E-state index is 13.7. The monoisotopic (exact) mass is 308 g/mol. The molecule has 2 aromatic carbocycles. The second-order valence-corrected chi connectivity index (χ2v) is 4.46. The molecule has 0 aliphatic carbocycles. The highest BCUT2D eigenvalue weighted by molar-refractivity contribution is 6.33. The van der Waals surface area contributed by atoms with Gasteiger partial charge in [-0.25, -0.2) is 13.6 Å². The fourth-order valence-electron chi connectivity index (χ4n) is 1.67. The Hall–Kier alpha value is -2.65. The van der Waals surface area contributed by atoms with Gasteiger partial charge in [0.2, 0.25) is 0 Å². The Bertz CT molecular complexity index is 749. The third kappa shape index (κ3) is 3.09. The van der Waals surface area contributed by atoms with E-state index in [0.717, 1.165) is 18.2 Å². The molecule has 2 rings (SSSR count). The second kappa shape index (κ2) is 5.77. The van der Waals surface area contributed by atoms with Gasteiger partial charge in [0, 0.05) is 5.69 Å². The Kier molecular flexibility index (Phi) is 4.05. The molecular formula is C14H7ClF2N2O2. The zero-order valence-corrected chi connectivity index (χ0v) is 11.1. The summed E-state index contributed by atoms with van der Waals surface area (Å²) in [7, 11) is 0. The third-order valence-electron chi connectivity index (χ3n) is 2.64. The van der Waals surface area contributed by atoms with Crippen LogP contribution in [0.5, 0.6) is 0 Å². The molecular weight excluding hydrogens is 302 g/mol. The largest absolute Gasteiger partial charge is 0.478 e. The molecule has 2 aromatic rings. The van der Waals surface area contributed by atoms with Gasteiger partial charge >= 0.3 is 5.97 Å². The molecule has 0 heterocycles. The molecule has 0 bridgehead atoms. The van der Waals surface area contributed by atoms with E-state index in [1.165, 1.54) is 12.1 Å². The number of nitrogens with one attached hydrogen (secondary N) is 1. The lowest BCUT2D eigenvalue weighted by molar-refractivity contribution is 0.0697. The van der Waals surface area contributed by atoms with Crippen molar-refractivity contribution in [1.29, 1.82) is 5.26 Å². The number of anilines is 2. The van der Waals surface area contributed by atoms with E-state index in [-0.39, 0.29) is 21.8 Å². The molecule has 0 radical (unpaired) electrons. The van der Waals surface area contributed by atoms with Crippen molar-refractivity contribution >= 4 is 28.9 Å². The number of hydrogen-bond donors (Lipinski definition) is 2. The van der Waals surface area contributed by atoms with Crippen LogP contribution >= 0.6 is 11.6 Å². The van der Waals surface area contributed by atoms with Gasteiger partial charge in [-0.15, -0.1) is 0 Å². The van der Waals surface area contributed by atoms with E-state index in [0.29, 0.717) is 0 Å². The summed E-state index contributed by atoms with van der Waals surface area (Å²) in [6, 6.07) is 7.21. The molecule has 0 aromatic heterocycles. The van der Waals surface area contributed by atoms with Crippen LogP contribution in [0.1, 0.15) is 15.9 Å². The van der Waals surface area contributed by atoms with Crippen LogP contribution in [-0.4, -0.2) is 11.1 Å². The Morgan fingerprint density at radius 2 is 1.86 bits per heavy atom. The van der Waals surface area contributed by atoms with Crippen molar-refractivity contribution in [2.75, 3.05) is 5.32 Å². The van der Waals surface area contributed by atoms with E-state index in [1.54, 1.807) is 6.07 Å². The van der Waals surface area contributed by atoms with Gasteiger partial charge in [0.1, 0.15) is 5.69 Å². The van der Waals surface area contributed by atoms with E-state index >= 15 is 0 Å². The molecule has 0 spiro atoms. The van der Waals surface area contributed by atoms with Crippen LogP contribution in [0.4, 0.5) is 20.2 Å². The van der Waals surface area contributed by atoms with Gasteiger partial charge in [-0.3, -0.25) is 0 Å². The molecule has 106 valence electrons. The first-order valence-corrected chi connectivity index (χ1v) is 5.99. The second-order valence-electron chi connectivity index (χ2n) is 4.05. The topological polar surface area (TPSA) is 73.1 Å². The molecule has 0 atom stereocenters. The number of carboxylic acids is 1. The van der Waals surface area contributed by atoms with Crippen molar-refractivity contribution in [3.63, 3.8) is 0 Å². The average Bonchev–Trinajstić information content (AvgIpc) is 2.43. The molecule has 0 aliphatic rings. The summed E-state index contributed by atoms with van der Waals surface area (Å²) < 4.78 is 27.5. The van der Waals surface area contributed by atoms with Gasteiger partial charge in [-0.2, -0.15) is 5.26 Å². The molecule has 7 heteroatoms. The van der Waals surface area contributed by atoms with Crippen molar-refractivity contribution in [3.05, 3.63) is 58.1 Å². The van der Waals surface area contributed by atoms with E-state index in [2.05, 4.69) is 5.32 Å². The minimum atomic E-state index is -1.26. The van der Waals surface area contributed by atoms with Crippen molar-refractivity contribution in [1.82, 2.24) is 0 Å². The molecule has 4 nitrogen and oxygen atoms in total. The quantitative estimate of drug-likeness (QED) is 0.901. The summed E-state index contributed by atoms with van der Waals surface area (Å²) >= 11 is 5.70. The standard InChI is InChI=1S/C14H7ClF2N2O2/c15-10-2-1-8(5-9(10)14(20)21)19-13-11(16)3-7(6-18)4-12(13)17/h1-5,19H,(H,20,21). The number of carbonyl (C=O) groups is 1. The first kappa shape index (κ1) is 14.8. The zero-order valence-electron chi connectivity index (χ0n) is 10.3. The van der Waals surface area contributed by atoms with E-state index in [1.807, 2.05) is 0 Å². The fraction of sp³-hybridized carbons (Fsp3) is 0. The summed E-state index contributed by atoms with van der Waals surface area (Å²) in [5, 5.41) is 20.0. The van der Waals surface area contributed by atoms with Crippen molar-refractivity contribution < 1.29 is 18.7 Å². The summed E-state index contributed by atoms with van der Waals surface area (Å²) in [5.74, 6) is -3.18. The molecule has 0 fully saturated rings. The summed E-state index contributed by atoms with van der Waals surface area (Å²) in [6.45, 7) is 0. The van der Waals surface area contributed by atoms with Crippen molar-refractivity contribution in [2.45, 2.75) is 0 Å². The molecule has 0 unspecified atom stereocenters.